The third-order valence-corrected chi connectivity index (χ3v) is 5.95. The van der Waals surface area contributed by atoms with Gasteiger partial charge in [0.15, 0.2) is 0 Å². The lowest BCUT2D eigenvalue weighted by Crippen LogP contribution is -2.37. The summed E-state index contributed by atoms with van der Waals surface area (Å²) in [5.74, 6) is 1.90. The molecular formula is C13H19ClN2OS2. The van der Waals surface area contributed by atoms with Gasteiger partial charge in [0.1, 0.15) is 0 Å². The lowest BCUT2D eigenvalue weighted by atomic mass is 9.96. The lowest BCUT2D eigenvalue weighted by molar-refractivity contribution is -0.117. The summed E-state index contributed by atoms with van der Waals surface area (Å²) in [6.45, 7) is 2.15. The summed E-state index contributed by atoms with van der Waals surface area (Å²) in [5, 5.41) is 7.40. The fourth-order valence-electron chi connectivity index (χ4n) is 2.61. The van der Waals surface area contributed by atoms with Crippen LogP contribution in [0.1, 0.15) is 28.8 Å². The maximum Gasteiger partial charge on any atom is 0.242 e. The molecule has 106 valence electrons. The molecule has 2 N–H and O–H groups in total. The summed E-state index contributed by atoms with van der Waals surface area (Å²) >= 11 is 3.57. The number of hydrogen-bond donors (Lipinski definition) is 2. The van der Waals surface area contributed by atoms with Crippen LogP contribution < -0.4 is 10.6 Å². The number of carbonyl (C=O) groups excluding carboxylic acids is 1. The maximum atomic E-state index is 12.1. The molecule has 6 heteroatoms. The van der Waals surface area contributed by atoms with Crippen molar-refractivity contribution in [3.05, 3.63) is 16.0 Å². The average Bonchev–Trinajstić information content (AvgIpc) is 3.00. The first-order chi connectivity index (χ1) is 8.75. The molecule has 0 radical (unpaired) electrons. The van der Waals surface area contributed by atoms with Gasteiger partial charge in [0.05, 0.1) is 11.0 Å². The minimum absolute atomic E-state index is 0. The number of anilines is 1. The van der Waals surface area contributed by atoms with Crippen molar-refractivity contribution in [3.63, 3.8) is 0 Å². The topological polar surface area (TPSA) is 41.1 Å². The summed E-state index contributed by atoms with van der Waals surface area (Å²) in [5.41, 5.74) is 2.80. The van der Waals surface area contributed by atoms with Crippen molar-refractivity contribution in [1.29, 1.82) is 0 Å². The Kier molecular flexibility index (Phi) is 5.17. The van der Waals surface area contributed by atoms with E-state index in [1.807, 2.05) is 0 Å². The van der Waals surface area contributed by atoms with E-state index >= 15 is 0 Å². The predicted octanol–water partition coefficient (Wildman–Crippen LogP) is 2.96. The molecule has 1 aliphatic heterocycles. The molecule has 1 atom stereocenters. The zero-order valence-corrected chi connectivity index (χ0v) is 13.4. The zero-order valence-electron chi connectivity index (χ0n) is 11.0. The number of halogens is 1. The Morgan fingerprint density at radius 3 is 2.84 bits per heavy atom. The minimum Gasteiger partial charge on any atom is -0.316 e. The molecule has 0 saturated carbocycles. The molecule has 1 unspecified atom stereocenters. The second-order valence-corrected chi connectivity index (χ2v) is 7.06. The minimum atomic E-state index is -0.0199. The Morgan fingerprint density at radius 2 is 2.16 bits per heavy atom. The highest BCUT2D eigenvalue weighted by atomic mass is 35.5. The summed E-state index contributed by atoms with van der Waals surface area (Å²) in [6.07, 6.45) is 4.96. The third-order valence-electron chi connectivity index (χ3n) is 3.71. The zero-order chi connectivity index (χ0) is 12.5. The van der Waals surface area contributed by atoms with Crippen molar-refractivity contribution in [2.24, 2.45) is 0 Å². The van der Waals surface area contributed by atoms with Crippen LogP contribution in [0.25, 0.3) is 0 Å². The normalized spacial score (nSPS) is 21.6. The van der Waals surface area contributed by atoms with E-state index in [9.17, 15) is 4.79 Å². The number of thiophene rings is 1. The van der Waals surface area contributed by atoms with Gasteiger partial charge in [-0.15, -0.1) is 35.5 Å². The number of rotatable bonds is 2. The van der Waals surface area contributed by atoms with E-state index in [-0.39, 0.29) is 24.4 Å². The largest absolute Gasteiger partial charge is 0.316 e. The number of carbonyl (C=O) groups is 1. The molecule has 1 saturated heterocycles. The lowest BCUT2D eigenvalue weighted by Gasteiger charge is -2.11. The quantitative estimate of drug-likeness (QED) is 0.881. The third kappa shape index (κ3) is 3.10. The highest BCUT2D eigenvalue weighted by Crippen LogP contribution is 2.37. The van der Waals surface area contributed by atoms with Crippen LogP contribution >= 0.6 is 35.5 Å². The number of hydrogen-bond acceptors (Lipinski definition) is 4. The van der Waals surface area contributed by atoms with Gasteiger partial charge in [0.25, 0.3) is 0 Å². The summed E-state index contributed by atoms with van der Waals surface area (Å²) in [6, 6.07) is -0.0199. The Hall–Kier alpha value is -0.230. The smallest absolute Gasteiger partial charge is 0.242 e. The van der Waals surface area contributed by atoms with Gasteiger partial charge in [0.2, 0.25) is 5.91 Å². The van der Waals surface area contributed by atoms with Gasteiger partial charge < -0.3 is 5.32 Å². The first-order valence-electron chi connectivity index (χ1n) is 6.49. The fraction of sp³-hybridized carbons (Fsp3) is 0.615. The molecule has 1 amide bonds. The summed E-state index contributed by atoms with van der Waals surface area (Å²) in [4.78, 5) is 13.6. The first-order valence-corrected chi connectivity index (χ1v) is 8.46. The molecule has 3 rings (SSSR count). The molecular weight excluding hydrogens is 300 g/mol. The van der Waals surface area contributed by atoms with Crippen LogP contribution in [0.4, 0.5) is 5.00 Å². The monoisotopic (exact) mass is 318 g/mol. The highest BCUT2D eigenvalue weighted by Gasteiger charge is 2.25. The molecule has 1 aromatic heterocycles. The summed E-state index contributed by atoms with van der Waals surface area (Å²) < 4.78 is 0. The molecule has 19 heavy (non-hydrogen) atoms. The van der Waals surface area contributed by atoms with E-state index in [0.29, 0.717) is 0 Å². The van der Waals surface area contributed by atoms with Gasteiger partial charge in [-0.3, -0.25) is 10.1 Å². The van der Waals surface area contributed by atoms with Crippen LogP contribution in [0, 0.1) is 6.92 Å². The molecule has 2 heterocycles. The van der Waals surface area contributed by atoms with E-state index < -0.39 is 0 Å². The Balaban J connectivity index is 0.00000133. The van der Waals surface area contributed by atoms with Crippen LogP contribution in [0.2, 0.25) is 0 Å². The fourth-order valence-corrected chi connectivity index (χ4v) is 4.85. The molecule has 0 bridgehead atoms. The van der Waals surface area contributed by atoms with E-state index in [2.05, 4.69) is 17.6 Å². The van der Waals surface area contributed by atoms with E-state index in [1.165, 1.54) is 41.7 Å². The van der Waals surface area contributed by atoms with Gasteiger partial charge in [0, 0.05) is 16.5 Å². The van der Waals surface area contributed by atoms with Crippen LogP contribution in [0.15, 0.2) is 0 Å². The van der Waals surface area contributed by atoms with Crippen molar-refractivity contribution in [3.8, 4) is 0 Å². The van der Waals surface area contributed by atoms with Crippen LogP contribution in [-0.4, -0.2) is 23.6 Å². The van der Waals surface area contributed by atoms with Gasteiger partial charge in [-0.25, -0.2) is 0 Å². The number of aryl methyl sites for hydroxylation is 1. The predicted molar refractivity (Wildman–Crippen MR) is 85.8 cm³/mol. The van der Waals surface area contributed by atoms with Crippen molar-refractivity contribution >= 4 is 46.4 Å². The van der Waals surface area contributed by atoms with Gasteiger partial charge in [-0.2, -0.15) is 0 Å². The average molecular weight is 319 g/mol. The molecule has 3 nitrogen and oxygen atoms in total. The van der Waals surface area contributed by atoms with Crippen molar-refractivity contribution in [1.82, 2.24) is 5.32 Å². The second kappa shape index (κ2) is 6.48. The highest BCUT2D eigenvalue weighted by molar-refractivity contribution is 7.99. The van der Waals surface area contributed by atoms with E-state index in [0.717, 1.165) is 16.6 Å². The molecule has 0 aromatic carbocycles. The number of thioether (sulfide) groups is 1. The molecule has 0 spiro atoms. The summed E-state index contributed by atoms with van der Waals surface area (Å²) in [7, 11) is 0. The number of nitrogens with one attached hydrogen (secondary N) is 2. The van der Waals surface area contributed by atoms with E-state index in [1.54, 1.807) is 23.1 Å². The Labute approximate surface area is 128 Å². The SMILES string of the molecule is Cc1c(NC(=O)C2CSCN2)sc2c1CCCC2.Cl. The number of amides is 1. The maximum absolute atomic E-state index is 12.1. The first kappa shape index (κ1) is 15.2. The Morgan fingerprint density at radius 1 is 1.37 bits per heavy atom. The Bertz CT molecular complexity index is 469. The number of fused-ring (bicyclic) bond motifs is 1. The van der Waals surface area contributed by atoms with Gasteiger partial charge in [-0.1, -0.05) is 0 Å². The standard InChI is InChI=1S/C13H18N2OS2.ClH/c1-8-9-4-2-3-5-11(9)18-13(8)15-12(16)10-6-17-7-14-10;/h10,14H,2-7H2,1H3,(H,15,16);1H. The molecule has 2 aliphatic rings. The second-order valence-electron chi connectivity index (χ2n) is 4.93. The van der Waals surface area contributed by atoms with Gasteiger partial charge in [-0.05, 0) is 43.7 Å². The van der Waals surface area contributed by atoms with Crippen LogP contribution in [0.3, 0.4) is 0 Å². The van der Waals surface area contributed by atoms with Crippen molar-refractivity contribution in [2.45, 2.75) is 38.6 Å². The van der Waals surface area contributed by atoms with Crippen LogP contribution in [-0.2, 0) is 17.6 Å². The van der Waals surface area contributed by atoms with Crippen molar-refractivity contribution < 1.29 is 4.79 Å². The van der Waals surface area contributed by atoms with E-state index in [4.69, 9.17) is 0 Å². The van der Waals surface area contributed by atoms with Crippen molar-refractivity contribution in [2.75, 3.05) is 16.9 Å². The molecule has 1 fully saturated rings. The molecule has 1 aliphatic carbocycles. The van der Waals surface area contributed by atoms with Gasteiger partial charge >= 0.3 is 0 Å². The van der Waals surface area contributed by atoms with Crippen LogP contribution in [0.5, 0.6) is 0 Å². The molecule has 1 aromatic rings.